The van der Waals surface area contributed by atoms with Crippen LogP contribution in [0, 0.1) is 0 Å². The van der Waals surface area contributed by atoms with Crippen LogP contribution >= 0.6 is 23.2 Å². The zero-order chi connectivity index (χ0) is 20.6. The average Bonchev–Trinajstić information content (AvgIpc) is 3.05. The highest BCUT2D eigenvalue weighted by atomic mass is 35.5. The van der Waals surface area contributed by atoms with Crippen LogP contribution in [-0.2, 0) is 14.8 Å². The van der Waals surface area contributed by atoms with Gasteiger partial charge in [-0.05, 0) is 30.3 Å². The fraction of sp³-hybridized carbons (Fsp3) is 0.211. The Kier molecular flexibility index (Phi) is 5.44. The summed E-state index contributed by atoms with van der Waals surface area (Å²) in [6, 6.07) is 10.8. The van der Waals surface area contributed by atoms with E-state index in [2.05, 4.69) is 4.72 Å². The van der Waals surface area contributed by atoms with Crippen LogP contribution in [-0.4, -0.2) is 45.5 Å². The van der Waals surface area contributed by atoms with Crippen molar-refractivity contribution in [2.24, 2.45) is 0 Å². The third-order valence-corrected chi connectivity index (χ3v) is 6.24. The summed E-state index contributed by atoms with van der Waals surface area (Å²) in [5, 5.41) is 0.833. The molecule has 4 rings (SSSR count). The second-order valence-corrected chi connectivity index (χ2v) is 8.97. The molecule has 10 heteroatoms. The molecule has 1 fully saturated rings. The Bertz CT molecular complexity index is 1170. The van der Waals surface area contributed by atoms with Gasteiger partial charge in [0.15, 0.2) is 0 Å². The van der Waals surface area contributed by atoms with Crippen molar-refractivity contribution in [3.05, 3.63) is 58.3 Å². The number of hydrogen-bond donors (Lipinski definition) is 1. The molecule has 0 spiro atoms. The van der Waals surface area contributed by atoms with E-state index in [1.165, 1.54) is 18.2 Å². The average molecular weight is 455 g/mol. The highest BCUT2D eigenvalue weighted by Crippen LogP contribution is 2.34. The molecule has 152 valence electrons. The summed E-state index contributed by atoms with van der Waals surface area (Å²) < 4.78 is 39.5. The van der Waals surface area contributed by atoms with Gasteiger partial charge in [0.25, 0.3) is 15.9 Å². The smallest absolute Gasteiger partial charge is 0.291 e. The maximum absolute atomic E-state index is 13.0. The lowest BCUT2D eigenvalue weighted by Crippen LogP contribution is -2.40. The number of carbonyl (C=O) groups is 1. The summed E-state index contributed by atoms with van der Waals surface area (Å²) >= 11 is 11.9. The molecule has 0 unspecified atom stereocenters. The summed E-state index contributed by atoms with van der Waals surface area (Å²) in [6.45, 7) is 1.61. The molecule has 2 aromatic carbocycles. The van der Waals surface area contributed by atoms with Crippen LogP contribution in [0.4, 0.5) is 5.69 Å². The van der Waals surface area contributed by atoms with Crippen molar-refractivity contribution in [1.82, 2.24) is 4.90 Å². The molecule has 1 aromatic heterocycles. The van der Waals surface area contributed by atoms with Gasteiger partial charge in [0.1, 0.15) is 11.3 Å². The number of rotatable bonds is 4. The first-order valence-electron chi connectivity index (χ1n) is 8.72. The van der Waals surface area contributed by atoms with Gasteiger partial charge in [0, 0.05) is 28.5 Å². The minimum Gasteiger partial charge on any atom is -0.449 e. The van der Waals surface area contributed by atoms with Crippen molar-refractivity contribution in [2.45, 2.75) is 4.90 Å². The Labute approximate surface area is 177 Å². The molecule has 1 saturated heterocycles. The lowest BCUT2D eigenvalue weighted by Gasteiger charge is -2.26. The lowest BCUT2D eigenvalue weighted by molar-refractivity contribution is 0.0285. The molecule has 7 nitrogen and oxygen atoms in total. The number of furan rings is 1. The van der Waals surface area contributed by atoms with E-state index in [4.69, 9.17) is 32.4 Å². The molecule has 1 amide bonds. The molecule has 1 N–H and O–H groups in total. The number of para-hydroxylation sites is 1. The van der Waals surface area contributed by atoms with E-state index in [0.717, 1.165) is 0 Å². The van der Waals surface area contributed by atoms with Crippen molar-refractivity contribution in [3.8, 4) is 0 Å². The van der Waals surface area contributed by atoms with Crippen LogP contribution < -0.4 is 4.72 Å². The summed E-state index contributed by atoms with van der Waals surface area (Å²) in [4.78, 5) is 14.5. The van der Waals surface area contributed by atoms with E-state index >= 15 is 0 Å². The second-order valence-electron chi connectivity index (χ2n) is 6.42. The molecule has 0 atom stereocenters. The summed E-state index contributed by atoms with van der Waals surface area (Å²) in [5.41, 5.74) is 0.471. The number of hydrogen-bond acceptors (Lipinski definition) is 5. The maximum atomic E-state index is 13.0. The van der Waals surface area contributed by atoms with Gasteiger partial charge in [-0.25, -0.2) is 8.42 Å². The first kappa shape index (κ1) is 20.0. The van der Waals surface area contributed by atoms with Crippen molar-refractivity contribution in [1.29, 1.82) is 0 Å². The summed E-state index contributed by atoms with van der Waals surface area (Å²) in [6.07, 6.45) is 0. The molecule has 0 radical (unpaired) electrons. The van der Waals surface area contributed by atoms with E-state index in [0.29, 0.717) is 37.3 Å². The van der Waals surface area contributed by atoms with Crippen molar-refractivity contribution in [2.75, 3.05) is 31.0 Å². The Morgan fingerprint density at radius 3 is 2.38 bits per heavy atom. The molecular formula is C19H16Cl2N2O5S. The number of sulfonamides is 1. The molecular weight excluding hydrogens is 439 g/mol. The molecule has 0 saturated carbocycles. The molecule has 29 heavy (non-hydrogen) atoms. The van der Waals surface area contributed by atoms with Gasteiger partial charge in [-0.15, -0.1) is 0 Å². The standard InChI is InChI=1S/C19H16Cl2N2O5S/c20-12-9-13(21)11-14(10-12)29(25,26)22-17-15-3-1-2-4-16(15)28-18(17)19(24)23-5-7-27-8-6-23/h1-4,9-11,22H,5-8H2. The zero-order valence-corrected chi connectivity index (χ0v) is 17.4. The molecule has 1 aliphatic heterocycles. The van der Waals surface area contributed by atoms with Gasteiger partial charge in [0.2, 0.25) is 5.76 Å². The SMILES string of the molecule is O=C(c1oc2ccccc2c1NS(=O)(=O)c1cc(Cl)cc(Cl)c1)N1CCOCC1. The molecule has 0 bridgehead atoms. The Hall–Kier alpha value is -2.26. The van der Waals surface area contributed by atoms with Crippen molar-refractivity contribution >= 4 is 55.8 Å². The predicted octanol–water partition coefficient (Wildman–Crippen LogP) is 4.01. The summed E-state index contributed by atoms with van der Waals surface area (Å²) in [5.74, 6) is -0.490. The van der Waals surface area contributed by atoms with Crippen LogP contribution in [0.1, 0.15) is 10.6 Å². The number of anilines is 1. The summed E-state index contributed by atoms with van der Waals surface area (Å²) in [7, 11) is -4.08. The van der Waals surface area contributed by atoms with Crippen LogP contribution in [0.25, 0.3) is 11.0 Å². The third kappa shape index (κ3) is 4.06. The molecule has 3 aromatic rings. The minimum atomic E-state index is -4.08. The normalized spacial score (nSPS) is 14.9. The van der Waals surface area contributed by atoms with Crippen LogP contribution in [0.15, 0.2) is 51.8 Å². The van der Waals surface area contributed by atoms with E-state index in [9.17, 15) is 13.2 Å². The van der Waals surface area contributed by atoms with Gasteiger partial charge in [0.05, 0.1) is 18.1 Å². The number of benzene rings is 2. The van der Waals surface area contributed by atoms with Crippen molar-refractivity contribution < 1.29 is 22.4 Å². The largest absolute Gasteiger partial charge is 0.449 e. The first-order valence-corrected chi connectivity index (χ1v) is 11.0. The van der Waals surface area contributed by atoms with E-state index < -0.39 is 15.9 Å². The number of halogens is 2. The highest BCUT2D eigenvalue weighted by Gasteiger charge is 2.29. The Morgan fingerprint density at radius 2 is 1.69 bits per heavy atom. The fourth-order valence-electron chi connectivity index (χ4n) is 3.08. The number of morpholine rings is 1. The number of nitrogens with one attached hydrogen (secondary N) is 1. The lowest BCUT2D eigenvalue weighted by atomic mass is 10.2. The van der Waals surface area contributed by atoms with Gasteiger partial charge in [-0.1, -0.05) is 35.3 Å². The van der Waals surface area contributed by atoms with Gasteiger partial charge in [-0.3, -0.25) is 9.52 Å². The number of amides is 1. The first-order chi connectivity index (χ1) is 13.8. The van der Waals surface area contributed by atoms with Crippen LogP contribution in [0.3, 0.4) is 0 Å². The highest BCUT2D eigenvalue weighted by molar-refractivity contribution is 7.92. The zero-order valence-electron chi connectivity index (χ0n) is 15.0. The van der Waals surface area contributed by atoms with E-state index in [-0.39, 0.29) is 26.4 Å². The van der Waals surface area contributed by atoms with Crippen LogP contribution in [0.5, 0.6) is 0 Å². The predicted molar refractivity (Wildman–Crippen MR) is 110 cm³/mol. The Morgan fingerprint density at radius 1 is 1.03 bits per heavy atom. The second kappa shape index (κ2) is 7.87. The van der Waals surface area contributed by atoms with Gasteiger partial charge < -0.3 is 14.1 Å². The minimum absolute atomic E-state index is 0.0770. The number of ether oxygens (including phenoxy) is 1. The van der Waals surface area contributed by atoms with Gasteiger partial charge >= 0.3 is 0 Å². The van der Waals surface area contributed by atoms with E-state index in [1.807, 2.05) is 0 Å². The third-order valence-electron chi connectivity index (χ3n) is 4.47. The van der Waals surface area contributed by atoms with Crippen LogP contribution in [0.2, 0.25) is 10.0 Å². The number of carbonyl (C=O) groups excluding carboxylic acids is 1. The van der Waals surface area contributed by atoms with Crippen molar-refractivity contribution in [3.63, 3.8) is 0 Å². The molecule has 0 aliphatic carbocycles. The fourth-order valence-corrected chi connectivity index (χ4v) is 4.89. The maximum Gasteiger partial charge on any atom is 0.291 e. The van der Waals surface area contributed by atoms with E-state index in [1.54, 1.807) is 29.2 Å². The quantitative estimate of drug-likeness (QED) is 0.642. The molecule has 1 aliphatic rings. The molecule has 2 heterocycles. The number of nitrogens with zero attached hydrogens (tertiary/aromatic N) is 1. The number of fused-ring (bicyclic) bond motifs is 1. The topological polar surface area (TPSA) is 88.8 Å². The van der Waals surface area contributed by atoms with Gasteiger partial charge in [-0.2, -0.15) is 0 Å². The monoisotopic (exact) mass is 454 g/mol. The Balaban J connectivity index is 1.79.